The zero-order valence-electron chi connectivity index (χ0n) is 14.2. The van der Waals surface area contributed by atoms with Crippen molar-refractivity contribution in [2.75, 3.05) is 38.2 Å². The van der Waals surface area contributed by atoms with Crippen LogP contribution in [0.4, 0.5) is 5.82 Å². The van der Waals surface area contributed by atoms with Crippen molar-refractivity contribution in [1.29, 1.82) is 0 Å². The molecular formula is C19H21N4O2+. The van der Waals surface area contributed by atoms with Crippen LogP contribution in [0.1, 0.15) is 10.5 Å². The van der Waals surface area contributed by atoms with Gasteiger partial charge < -0.3 is 14.6 Å². The van der Waals surface area contributed by atoms with Crippen molar-refractivity contribution in [3.63, 3.8) is 0 Å². The molecule has 6 heteroatoms. The Kier molecular flexibility index (Phi) is 4.01. The predicted molar refractivity (Wildman–Crippen MR) is 96.0 cm³/mol. The average molecular weight is 337 g/mol. The topological polar surface area (TPSA) is 62.7 Å². The molecule has 1 aliphatic heterocycles. The summed E-state index contributed by atoms with van der Waals surface area (Å²) in [5.41, 5.74) is 1.57. The Labute approximate surface area is 146 Å². The molecule has 3 aromatic rings. The number of carbonyl (C=O) groups is 1. The first-order chi connectivity index (χ1) is 12.2. The number of hydrogen-bond acceptors (Lipinski definition) is 3. The van der Waals surface area contributed by atoms with Crippen LogP contribution in [-0.2, 0) is 0 Å². The maximum Gasteiger partial charge on any atom is 0.274 e. The second-order valence-corrected chi connectivity index (χ2v) is 6.16. The quantitative estimate of drug-likeness (QED) is 0.795. The van der Waals surface area contributed by atoms with Gasteiger partial charge in [-0.15, -0.1) is 0 Å². The Morgan fingerprint density at radius 1 is 1.12 bits per heavy atom. The summed E-state index contributed by atoms with van der Waals surface area (Å²) >= 11 is 0. The van der Waals surface area contributed by atoms with Crippen LogP contribution >= 0.6 is 0 Å². The van der Waals surface area contributed by atoms with Gasteiger partial charge >= 0.3 is 0 Å². The Balaban J connectivity index is 1.47. The molecule has 128 valence electrons. The first-order valence-corrected chi connectivity index (χ1v) is 8.42. The Hall–Kier alpha value is -3.02. The van der Waals surface area contributed by atoms with E-state index in [-0.39, 0.29) is 5.91 Å². The summed E-state index contributed by atoms with van der Waals surface area (Å²) in [4.78, 5) is 23.4. The van der Waals surface area contributed by atoms with E-state index in [0.717, 1.165) is 35.6 Å². The molecule has 1 amide bonds. The number of hydrogen-bond donors (Lipinski definition) is 1. The predicted octanol–water partition coefficient (Wildman–Crippen LogP) is 1.95. The molecule has 1 saturated heterocycles. The van der Waals surface area contributed by atoms with Crippen LogP contribution in [0, 0.1) is 0 Å². The Bertz CT molecular complexity index is 883. The van der Waals surface area contributed by atoms with Crippen LogP contribution in [0.15, 0.2) is 48.7 Å². The van der Waals surface area contributed by atoms with E-state index in [0.29, 0.717) is 18.8 Å². The SMILES string of the molecule is COc1ccc2[nH]c(C(=O)N3CCN(c4cccc[nH+]4)CC3)cc2c1. The summed E-state index contributed by atoms with van der Waals surface area (Å²) in [6.07, 6.45) is 1.92. The van der Waals surface area contributed by atoms with Crippen molar-refractivity contribution < 1.29 is 14.5 Å². The minimum atomic E-state index is 0.0480. The van der Waals surface area contributed by atoms with Gasteiger partial charge in [0.25, 0.3) is 11.7 Å². The third kappa shape index (κ3) is 3.03. The van der Waals surface area contributed by atoms with Gasteiger partial charge in [0.15, 0.2) is 0 Å². The lowest BCUT2D eigenvalue weighted by atomic mass is 10.2. The molecule has 0 atom stereocenters. The minimum absolute atomic E-state index is 0.0480. The van der Waals surface area contributed by atoms with Gasteiger partial charge in [0, 0.05) is 17.0 Å². The number of pyridine rings is 1. The molecule has 2 N–H and O–H groups in total. The maximum atomic E-state index is 12.8. The maximum absolute atomic E-state index is 12.8. The summed E-state index contributed by atoms with van der Waals surface area (Å²) in [5, 5.41) is 0.986. The molecule has 1 aliphatic rings. The molecule has 4 rings (SSSR count). The van der Waals surface area contributed by atoms with Crippen LogP contribution in [0.2, 0.25) is 0 Å². The molecule has 1 aromatic carbocycles. The lowest BCUT2D eigenvalue weighted by Crippen LogP contribution is -2.50. The summed E-state index contributed by atoms with van der Waals surface area (Å²) in [6, 6.07) is 13.7. The highest BCUT2D eigenvalue weighted by Gasteiger charge is 2.27. The Morgan fingerprint density at radius 3 is 2.68 bits per heavy atom. The second kappa shape index (κ2) is 6.47. The highest BCUT2D eigenvalue weighted by Crippen LogP contribution is 2.22. The van der Waals surface area contributed by atoms with Crippen LogP contribution in [0.5, 0.6) is 5.75 Å². The summed E-state index contributed by atoms with van der Waals surface area (Å²) in [6.45, 7) is 3.06. The Morgan fingerprint density at radius 2 is 1.96 bits per heavy atom. The molecule has 0 saturated carbocycles. The highest BCUT2D eigenvalue weighted by atomic mass is 16.5. The first-order valence-electron chi connectivity index (χ1n) is 8.42. The number of piperazine rings is 1. The molecule has 0 bridgehead atoms. The summed E-state index contributed by atoms with van der Waals surface area (Å²) < 4.78 is 5.24. The first kappa shape index (κ1) is 15.5. The molecule has 6 nitrogen and oxygen atoms in total. The fraction of sp³-hybridized carbons (Fsp3) is 0.263. The zero-order valence-corrected chi connectivity index (χ0v) is 14.2. The number of ether oxygens (including phenoxy) is 1. The lowest BCUT2D eigenvalue weighted by Gasteiger charge is -2.30. The largest absolute Gasteiger partial charge is 0.497 e. The zero-order chi connectivity index (χ0) is 17.2. The van der Waals surface area contributed by atoms with E-state index in [2.05, 4.69) is 20.9 Å². The van der Waals surface area contributed by atoms with Crippen LogP contribution < -0.4 is 14.6 Å². The van der Waals surface area contributed by atoms with E-state index < -0.39 is 0 Å². The summed E-state index contributed by atoms with van der Waals surface area (Å²) in [5.74, 6) is 1.93. The monoisotopic (exact) mass is 337 g/mol. The molecular weight excluding hydrogens is 316 g/mol. The number of rotatable bonds is 3. The molecule has 0 spiro atoms. The number of aromatic nitrogens is 2. The number of H-pyrrole nitrogens is 2. The number of anilines is 1. The van der Waals surface area contributed by atoms with E-state index in [9.17, 15) is 4.79 Å². The standard InChI is InChI=1S/C19H20N4O2/c1-25-15-5-6-16-14(12-15)13-17(21-16)19(24)23-10-8-22(9-11-23)18-4-2-3-7-20-18/h2-7,12-13,21H,8-11H2,1H3/p+1. The molecule has 1 fully saturated rings. The van der Waals surface area contributed by atoms with E-state index in [4.69, 9.17) is 4.74 Å². The molecule has 0 radical (unpaired) electrons. The summed E-state index contributed by atoms with van der Waals surface area (Å²) in [7, 11) is 1.64. The second-order valence-electron chi connectivity index (χ2n) is 6.16. The molecule has 0 unspecified atom stereocenters. The molecule has 25 heavy (non-hydrogen) atoms. The number of methoxy groups -OCH3 is 1. The van der Waals surface area contributed by atoms with Crippen molar-refractivity contribution in [1.82, 2.24) is 9.88 Å². The van der Waals surface area contributed by atoms with Crippen molar-refractivity contribution in [3.8, 4) is 5.75 Å². The van der Waals surface area contributed by atoms with E-state index >= 15 is 0 Å². The number of amides is 1. The number of benzene rings is 1. The molecule has 2 aromatic heterocycles. The van der Waals surface area contributed by atoms with Crippen molar-refractivity contribution in [3.05, 3.63) is 54.4 Å². The number of nitrogens with one attached hydrogen (secondary N) is 2. The highest BCUT2D eigenvalue weighted by molar-refractivity contribution is 5.98. The minimum Gasteiger partial charge on any atom is -0.497 e. The van der Waals surface area contributed by atoms with Crippen molar-refractivity contribution in [2.45, 2.75) is 0 Å². The van der Waals surface area contributed by atoms with Crippen LogP contribution in [0.25, 0.3) is 10.9 Å². The van der Waals surface area contributed by atoms with E-state index in [1.165, 1.54) is 0 Å². The van der Waals surface area contributed by atoms with Gasteiger partial charge in [0.2, 0.25) is 0 Å². The van der Waals surface area contributed by atoms with Crippen LogP contribution in [0.3, 0.4) is 0 Å². The van der Waals surface area contributed by atoms with Gasteiger partial charge in [-0.3, -0.25) is 9.69 Å². The van der Waals surface area contributed by atoms with Gasteiger partial charge in [-0.25, -0.2) is 4.98 Å². The fourth-order valence-electron chi connectivity index (χ4n) is 3.25. The fourth-order valence-corrected chi connectivity index (χ4v) is 3.25. The van der Waals surface area contributed by atoms with E-state index in [1.807, 2.05) is 47.5 Å². The average Bonchev–Trinajstić information content (AvgIpc) is 3.11. The lowest BCUT2D eigenvalue weighted by molar-refractivity contribution is -0.364. The third-order valence-electron chi connectivity index (χ3n) is 4.66. The number of aromatic amines is 2. The van der Waals surface area contributed by atoms with Crippen molar-refractivity contribution in [2.24, 2.45) is 0 Å². The van der Waals surface area contributed by atoms with E-state index in [1.54, 1.807) is 7.11 Å². The molecule has 0 aliphatic carbocycles. The van der Waals surface area contributed by atoms with Crippen LogP contribution in [-0.4, -0.2) is 49.1 Å². The van der Waals surface area contributed by atoms with Gasteiger partial charge in [-0.1, -0.05) is 6.07 Å². The number of nitrogens with zero attached hydrogens (tertiary/aromatic N) is 2. The molecule has 3 heterocycles. The van der Waals surface area contributed by atoms with Gasteiger partial charge in [0.1, 0.15) is 24.5 Å². The normalized spacial score (nSPS) is 14.8. The third-order valence-corrected chi connectivity index (χ3v) is 4.66. The van der Waals surface area contributed by atoms with Gasteiger partial charge in [-0.2, -0.15) is 0 Å². The van der Waals surface area contributed by atoms with Gasteiger partial charge in [-0.05, 0) is 30.3 Å². The smallest absolute Gasteiger partial charge is 0.274 e. The van der Waals surface area contributed by atoms with Gasteiger partial charge in [0.05, 0.1) is 26.4 Å². The van der Waals surface area contributed by atoms with Crippen molar-refractivity contribution >= 4 is 22.6 Å². The number of carbonyl (C=O) groups excluding carboxylic acids is 1. The number of fused-ring (bicyclic) bond motifs is 1.